The SMILES string of the molecule is CF.COC(=O)c1c(-c2ccc(Cl)c(Cl)c2)noc1-c1cnn(-c2cccc(F)c2)c1C(F)F. The number of rotatable bonds is 5. The summed E-state index contributed by atoms with van der Waals surface area (Å²) in [4.78, 5) is 12.6. The van der Waals surface area contributed by atoms with Crippen LogP contribution >= 0.6 is 23.2 Å². The fraction of sp³-hybridized carbons (Fsp3) is 0.136. The summed E-state index contributed by atoms with van der Waals surface area (Å²) in [5.41, 5.74) is -0.585. The van der Waals surface area contributed by atoms with Crippen molar-refractivity contribution in [3.05, 3.63) is 75.8 Å². The third-order valence-electron chi connectivity index (χ3n) is 4.59. The lowest BCUT2D eigenvalue weighted by molar-refractivity contribution is 0.0601. The highest BCUT2D eigenvalue weighted by atomic mass is 35.5. The Morgan fingerprint density at radius 3 is 2.47 bits per heavy atom. The van der Waals surface area contributed by atoms with Crippen LogP contribution in [0.5, 0.6) is 0 Å². The Balaban J connectivity index is 0.00000158. The number of hydrogen-bond acceptors (Lipinski definition) is 5. The molecule has 2 aromatic heterocycles. The number of hydrogen-bond donors (Lipinski definition) is 0. The lowest BCUT2D eigenvalue weighted by atomic mass is 10.0. The number of alkyl halides is 3. The number of carbonyl (C=O) groups is 1. The highest BCUT2D eigenvalue weighted by molar-refractivity contribution is 6.42. The van der Waals surface area contributed by atoms with E-state index in [9.17, 15) is 22.4 Å². The van der Waals surface area contributed by atoms with E-state index in [0.717, 1.165) is 24.1 Å². The number of methoxy groups -OCH3 is 1. The maximum Gasteiger partial charge on any atom is 0.344 e. The van der Waals surface area contributed by atoms with Crippen LogP contribution in [0.2, 0.25) is 10.0 Å². The third-order valence-corrected chi connectivity index (χ3v) is 5.32. The maximum absolute atomic E-state index is 14.1. The quantitative estimate of drug-likeness (QED) is 0.212. The van der Waals surface area contributed by atoms with Crippen LogP contribution in [0.15, 0.2) is 53.2 Å². The highest BCUT2D eigenvalue weighted by Crippen LogP contribution is 2.39. The minimum atomic E-state index is -3.04. The molecule has 2 aromatic carbocycles. The van der Waals surface area contributed by atoms with E-state index in [0.29, 0.717) is 12.7 Å². The molecule has 0 unspecified atom stereocenters. The molecule has 0 aliphatic heterocycles. The van der Waals surface area contributed by atoms with Gasteiger partial charge in [0.2, 0.25) is 0 Å². The van der Waals surface area contributed by atoms with Gasteiger partial charge in [0.25, 0.3) is 6.43 Å². The van der Waals surface area contributed by atoms with Gasteiger partial charge in [-0.2, -0.15) is 5.10 Å². The van der Waals surface area contributed by atoms with Crippen molar-refractivity contribution >= 4 is 29.2 Å². The zero-order chi connectivity index (χ0) is 25.0. The summed E-state index contributed by atoms with van der Waals surface area (Å²) in [6.07, 6.45) is -1.96. The first-order valence-corrected chi connectivity index (χ1v) is 10.1. The molecule has 0 N–H and O–H groups in total. The summed E-state index contributed by atoms with van der Waals surface area (Å²) in [5.74, 6) is -1.78. The van der Waals surface area contributed by atoms with Gasteiger partial charge in [0, 0.05) is 5.56 Å². The van der Waals surface area contributed by atoms with Crippen molar-refractivity contribution in [2.45, 2.75) is 6.43 Å². The van der Waals surface area contributed by atoms with Gasteiger partial charge >= 0.3 is 5.97 Å². The predicted octanol–water partition coefficient (Wildman–Crippen LogP) is 6.95. The molecule has 0 spiro atoms. The lowest BCUT2D eigenvalue weighted by Gasteiger charge is -2.09. The number of ether oxygens (including phenoxy) is 1. The van der Waals surface area contributed by atoms with Gasteiger partial charge in [-0.05, 0) is 30.3 Å². The maximum atomic E-state index is 14.1. The average Bonchev–Trinajstić information content (AvgIpc) is 3.46. The summed E-state index contributed by atoms with van der Waals surface area (Å²) in [6.45, 7) is 0. The summed E-state index contributed by atoms with van der Waals surface area (Å²) in [5, 5.41) is 8.29. The fourth-order valence-corrected chi connectivity index (χ4v) is 3.46. The van der Waals surface area contributed by atoms with Gasteiger partial charge in [0.05, 0.1) is 41.8 Å². The van der Waals surface area contributed by atoms with Gasteiger partial charge in [-0.15, -0.1) is 0 Å². The molecule has 0 radical (unpaired) electrons. The van der Waals surface area contributed by atoms with Gasteiger partial charge < -0.3 is 9.26 Å². The van der Waals surface area contributed by atoms with Crippen LogP contribution in [-0.2, 0) is 4.74 Å². The van der Waals surface area contributed by atoms with Gasteiger partial charge in [-0.3, -0.25) is 4.39 Å². The largest absolute Gasteiger partial charge is 0.465 e. The molecular weight excluding hydrogens is 501 g/mol. The van der Waals surface area contributed by atoms with Gasteiger partial charge in [0.1, 0.15) is 22.8 Å². The first kappa shape index (κ1) is 25.3. The summed E-state index contributed by atoms with van der Waals surface area (Å²) >= 11 is 12.0. The Morgan fingerprint density at radius 1 is 1.12 bits per heavy atom. The molecule has 6 nitrogen and oxygen atoms in total. The van der Waals surface area contributed by atoms with Crippen LogP contribution in [-0.4, -0.2) is 35.2 Å². The second-order valence-corrected chi connectivity index (χ2v) is 7.31. The van der Waals surface area contributed by atoms with Crippen LogP contribution in [0, 0.1) is 5.82 Å². The fourth-order valence-electron chi connectivity index (χ4n) is 3.16. The van der Waals surface area contributed by atoms with Gasteiger partial charge in [-0.25, -0.2) is 22.6 Å². The van der Waals surface area contributed by atoms with E-state index in [1.165, 1.54) is 36.4 Å². The van der Waals surface area contributed by atoms with Crippen LogP contribution < -0.4 is 0 Å². The Hall–Kier alpha value is -3.37. The van der Waals surface area contributed by atoms with E-state index in [2.05, 4.69) is 10.3 Å². The number of carbonyl (C=O) groups excluding carboxylic acids is 1. The number of nitrogens with zero attached hydrogens (tertiary/aromatic N) is 3. The molecule has 0 fully saturated rings. The smallest absolute Gasteiger partial charge is 0.344 e. The number of benzene rings is 2. The Kier molecular flexibility index (Phi) is 7.95. The summed E-state index contributed by atoms with van der Waals surface area (Å²) < 4.78 is 62.3. The first-order chi connectivity index (χ1) is 16.3. The normalized spacial score (nSPS) is 10.7. The zero-order valence-corrected chi connectivity index (χ0v) is 19.0. The lowest BCUT2D eigenvalue weighted by Crippen LogP contribution is -2.06. The Morgan fingerprint density at radius 2 is 1.85 bits per heavy atom. The van der Waals surface area contributed by atoms with E-state index < -0.39 is 23.9 Å². The molecular formula is C22H15Cl2F4N3O3. The van der Waals surface area contributed by atoms with Crippen LogP contribution in [0.25, 0.3) is 28.3 Å². The molecule has 0 atom stereocenters. The monoisotopic (exact) mass is 515 g/mol. The number of esters is 1. The minimum Gasteiger partial charge on any atom is -0.465 e. The summed E-state index contributed by atoms with van der Waals surface area (Å²) in [7, 11) is 1.63. The average molecular weight is 516 g/mol. The Bertz CT molecular complexity index is 1320. The van der Waals surface area contributed by atoms with Crippen LogP contribution in [0.1, 0.15) is 22.5 Å². The van der Waals surface area contributed by atoms with Crippen molar-refractivity contribution in [2.24, 2.45) is 0 Å². The first-order valence-electron chi connectivity index (χ1n) is 9.35. The number of aromatic nitrogens is 3. The molecule has 0 bridgehead atoms. The zero-order valence-electron chi connectivity index (χ0n) is 17.5. The molecule has 0 amide bonds. The van der Waals surface area contributed by atoms with E-state index in [-0.39, 0.29) is 38.3 Å². The molecule has 4 aromatic rings. The molecule has 34 heavy (non-hydrogen) atoms. The van der Waals surface area contributed by atoms with E-state index in [1.54, 1.807) is 0 Å². The second-order valence-electron chi connectivity index (χ2n) is 6.49. The van der Waals surface area contributed by atoms with E-state index >= 15 is 0 Å². The predicted molar refractivity (Wildman–Crippen MR) is 118 cm³/mol. The van der Waals surface area contributed by atoms with Crippen LogP contribution in [0.4, 0.5) is 17.6 Å². The Labute approximate surface area is 200 Å². The molecule has 0 saturated heterocycles. The topological polar surface area (TPSA) is 70.2 Å². The van der Waals surface area contributed by atoms with Crippen molar-refractivity contribution in [1.29, 1.82) is 0 Å². The van der Waals surface area contributed by atoms with Gasteiger partial charge in [0.15, 0.2) is 5.76 Å². The van der Waals surface area contributed by atoms with Crippen molar-refractivity contribution in [3.63, 3.8) is 0 Å². The van der Waals surface area contributed by atoms with Crippen molar-refractivity contribution in [3.8, 4) is 28.3 Å². The van der Waals surface area contributed by atoms with Crippen molar-refractivity contribution in [2.75, 3.05) is 14.3 Å². The number of halogens is 6. The standard InChI is InChI=1S/C21H12Cl2F3N3O3.CH3F/c1-31-21(30)16-17(10-5-6-14(22)15(23)7-10)28-32-19(16)13-9-27-29(18(13)20(25)26)12-4-2-3-11(24)8-12;1-2/h2-9,20H,1H3;1H3. The molecule has 4 rings (SSSR count). The van der Waals surface area contributed by atoms with Crippen molar-refractivity contribution in [1.82, 2.24) is 14.9 Å². The van der Waals surface area contributed by atoms with Crippen molar-refractivity contribution < 1.29 is 31.6 Å². The van der Waals surface area contributed by atoms with E-state index in [4.69, 9.17) is 32.5 Å². The molecule has 178 valence electrons. The molecule has 12 heteroatoms. The molecule has 0 aliphatic rings. The highest BCUT2D eigenvalue weighted by Gasteiger charge is 2.32. The molecule has 2 heterocycles. The van der Waals surface area contributed by atoms with E-state index in [1.807, 2.05) is 0 Å². The second kappa shape index (κ2) is 10.7. The summed E-state index contributed by atoms with van der Waals surface area (Å²) in [6, 6.07) is 9.46. The van der Waals surface area contributed by atoms with Crippen LogP contribution in [0.3, 0.4) is 0 Å². The molecule has 0 saturated carbocycles. The minimum absolute atomic E-state index is 0.0177. The molecule has 0 aliphatic carbocycles. The van der Waals surface area contributed by atoms with Gasteiger partial charge in [-0.1, -0.05) is 40.5 Å². The third kappa shape index (κ3) is 4.78.